The number of aromatic nitrogens is 3. The Morgan fingerprint density at radius 2 is 1.85 bits per heavy atom. The van der Waals surface area contributed by atoms with Crippen molar-refractivity contribution < 1.29 is 22.9 Å². The van der Waals surface area contributed by atoms with E-state index in [2.05, 4.69) is 15.4 Å². The third kappa shape index (κ3) is 4.53. The maximum Gasteiger partial charge on any atom is 0.434 e. The van der Waals surface area contributed by atoms with Gasteiger partial charge in [-0.1, -0.05) is 29.8 Å². The van der Waals surface area contributed by atoms with Crippen molar-refractivity contribution in [1.29, 1.82) is 0 Å². The zero-order valence-electron chi connectivity index (χ0n) is 17.8. The van der Waals surface area contributed by atoms with Gasteiger partial charge >= 0.3 is 6.18 Å². The van der Waals surface area contributed by atoms with Gasteiger partial charge in [0.2, 0.25) is 0 Å². The Morgan fingerprint density at radius 3 is 2.50 bits per heavy atom. The molecule has 0 atom stereocenters. The molecular formula is C22H16F3N5O3S. The summed E-state index contributed by atoms with van der Waals surface area (Å²) in [5.41, 5.74) is 0.329. The molecule has 0 saturated heterocycles. The number of alkyl halides is 3. The van der Waals surface area contributed by atoms with Gasteiger partial charge in [0.1, 0.15) is 0 Å². The van der Waals surface area contributed by atoms with E-state index in [1.165, 1.54) is 18.2 Å². The van der Waals surface area contributed by atoms with Crippen LogP contribution in [0.1, 0.15) is 27.2 Å². The molecule has 8 nitrogen and oxygen atoms in total. The lowest BCUT2D eigenvalue weighted by Crippen LogP contribution is -2.20. The first-order chi connectivity index (χ1) is 16.0. The number of thiazole rings is 1. The fourth-order valence-corrected chi connectivity index (χ4v) is 3.98. The van der Waals surface area contributed by atoms with Crippen molar-refractivity contribution >= 4 is 28.1 Å². The Morgan fingerprint density at radius 1 is 1.15 bits per heavy atom. The monoisotopic (exact) mass is 487 g/mol. The second-order valence-corrected chi connectivity index (χ2v) is 8.26. The number of amides is 1. The standard InChI is InChI=1S/C22H16F3N5O3S/c1-12-3-7-15(8-4-12)29-19(22(23,24)25)16(10-26-29)20(31)28-21-27-17(11-34-21)14-6-5-13(2)18(9-14)30(32)33/h3-11H,1-2H3,(H,27,28,31). The molecule has 4 rings (SSSR count). The van der Waals surface area contributed by atoms with Gasteiger partial charge in [0, 0.05) is 22.6 Å². The summed E-state index contributed by atoms with van der Waals surface area (Å²) >= 11 is 0.983. The highest BCUT2D eigenvalue weighted by Crippen LogP contribution is 2.35. The molecule has 12 heteroatoms. The van der Waals surface area contributed by atoms with Crippen LogP contribution in [0.3, 0.4) is 0 Å². The minimum absolute atomic E-state index is 0.0411. The molecule has 2 heterocycles. The number of nitrogens with zero attached hydrogens (tertiary/aromatic N) is 4. The maximum absolute atomic E-state index is 13.9. The molecule has 0 saturated carbocycles. The van der Waals surface area contributed by atoms with Crippen LogP contribution in [0.5, 0.6) is 0 Å². The number of nitro groups is 1. The number of carbonyl (C=O) groups is 1. The molecule has 0 fully saturated rings. The van der Waals surface area contributed by atoms with E-state index in [0.717, 1.165) is 23.1 Å². The average Bonchev–Trinajstić information content (AvgIpc) is 3.42. The molecule has 0 radical (unpaired) electrons. The third-order valence-corrected chi connectivity index (χ3v) is 5.74. The molecule has 34 heavy (non-hydrogen) atoms. The van der Waals surface area contributed by atoms with Crippen molar-refractivity contribution in [3.05, 3.63) is 86.5 Å². The van der Waals surface area contributed by atoms with Crippen molar-refractivity contribution in [3.63, 3.8) is 0 Å². The van der Waals surface area contributed by atoms with E-state index in [1.807, 2.05) is 0 Å². The fourth-order valence-electron chi connectivity index (χ4n) is 3.26. The van der Waals surface area contributed by atoms with Gasteiger partial charge in [-0.3, -0.25) is 20.2 Å². The second kappa shape index (κ2) is 8.71. The van der Waals surface area contributed by atoms with Gasteiger partial charge in [-0.25, -0.2) is 9.67 Å². The van der Waals surface area contributed by atoms with Gasteiger partial charge in [-0.05, 0) is 26.0 Å². The predicted molar refractivity (Wildman–Crippen MR) is 120 cm³/mol. The summed E-state index contributed by atoms with van der Waals surface area (Å²) in [7, 11) is 0. The Bertz CT molecular complexity index is 1390. The molecule has 2 aromatic carbocycles. The van der Waals surface area contributed by atoms with Crippen LogP contribution in [-0.4, -0.2) is 25.6 Å². The molecule has 4 aromatic rings. The summed E-state index contributed by atoms with van der Waals surface area (Å²) in [4.78, 5) is 27.6. The van der Waals surface area contributed by atoms with E-state index >= 15 is 0 Å². The van der Waals surface area contributed by atoms with Crippen LogP contribution in [0, 0.1) is 24.0 Å². The zero-order chi connectivity index (χ0) is 24.6. The van der Waals surface area contributed by atoms with E-state index in [4.69, 9.17) is 0 Å². The van der Waals surface area contributed by atoms with Gasteiger partial charge in [-0.2, -0.15) is 18.3 Å². The fraction of sp³-hybridized carbons (Fsp3) is 0.136. The SMILES string of the molecule is Cc1ccc(-n2ncc(C(=O)Nc3nc(-c4ccc(C)c([N+](=O)[O-])c4)cs3)c2C(F)(F)F)cc1. The average molecular weight is 487 g/mol. The topological polar surface area (TPSA) is 103 Å². The third-order valence-electron chi connectivity index (χ3n) is 4.99. The van der Waals surface area contributed by atoms with Gasteiger partial charge in [-0.15, -0.1) is 11.3 Å². The largest absolute Gasteiger partial charge is 0.434 e. The quantitative estimate of drug-likeness (QED) is 0.283. The Kier molecular flexibility index (Phi) is 5.92. The number of benzene rings is 2. The van der Waals surface area contributed by atoms with Crippen molar-refractivity contribution in [2.75, 3.05) is 5.32 Å². The van der Waals surface area contributed by atoms with Gasteiger partial charge in [0.05, 0.1) is 28.1 Å². The maximum atomic E-state index is 13.9. The van der Waals surface area contributed by atoms with Gasteiger partial charge < -0.3 is 0 Å². The van der Waals surface area contributed by atoms with Crippen LogP contribution >= 0.6 is 11.3 Å². The van der Waals surface area contributed by atoms with E-state index in [-0.39, 0.29) is 16.5 Å². The molecule has 0 aliphatic heterocycles. The summed E-state index contributed by atoms with van der Waals surface area (Å²) in [5.74, 6) is -1.03. The minimum atomic E-state index is -4.84. The Labute approximate surface area is 194 Å². The lowest BCUT2D eigenvalue weighted by molar-refractivity contribution is -0.385. The number of anilines is 1. The summed E-state index contributed by atoms with van der Waals surface area (Å²) < 4.78 is 42.2. The first-order valence-electron chi connectivity index (χ1n) is 9.79. The van der Waals surface area contributed by atoms with E-state index in [9.17, 15) is 28.1 Å². The molecule has 1 N–H and O–H groups in total. The van der Waals surface area contributed by atoms with Crippen LogP contribution < -0.4 is 5.32 Å². The molecule has 0 bridgehead atoms. The lowest BCUT2D eigenvalue weighted by atomic mass is 10.1. The first-order valence-corrected chi connectivity index (χ1v) is 10.7. The number of rotatable bonds is 5. The summed E-state index contributed by atoms with van der Waals surface area (Å²) in [5, 5.41) is 18.9. The van der Waals surface area contributed by atoms with E-state index in [0.29, 0.717) is 21.5 Å². The molecule has 0 spiro atoms. The molecule has 1 amide bonds. The summed E-state index contributed by atoms with van der Waals surface area (Å²) in [6, 6.07) is 10.8. The van der Waals surface area contributed by atoms with Crippen molar-refractivity contribution in [3.8, 4) is 16.9 Å². The van der Waals surface area contributed by atoms with Crippen molar-refractivity contribution in [2.24, 2.45) is 0 Å². The minimum Gasteiger partial charge on any atom is -0.298 e. The normalized spacial score (nSPS) is 11.4. The molecule has 174 valence electrons. The number of aryl methyl sites for hydroxylation is 2. The number of nitro benzene ring substituents is 1. The molecule has 0 aliphatic rings. The summed E-state index contributed by atoms with van der Waals surface area (Å²) in [6.45, 7) is 3.40. The lowest BCUT2D eigenvalue weighted by Gasteiger charge is -2.12. The number of halogens is 3. The van der Waals surface area contributed by atoms with Crippen molar-refractivity contribution in [2.45, 2.75) is 20.0 Å². The molecule has 0 unspecified atom stereocenters. The van der Waals surface area contributed by atoms with E-state index in [1.54, 1.807) is 43.5 Å². The van der Waals surface area contributed by atoms with Crippen LogP contribution in [0.4, 0.5) is 24.0 Å². The smallest absolute Gasteiger partial charge is 0.298 e. The number of hydrogen-bond donors (Lipinski definition) is 1. The highest BCUT2D eigenvalue weighted by Gasteiger charge is 2.40. The highest BCUT2D eigenvalue weighted by molar-refractivity contribution is 7.14. The second-order valence-electron chi connectivity index (χ2n) is 7.40. The highest BCUT2D eigenvalue weighted by atomic mass is 32.1. The summed E-state index contributed by atoms with van der Waals surface area (Å²) in [6.07, 6.45) is -3.99. The van der Waals surface area contributed by atoms with Gasteiger partial charge in [0.25, 0.3) is 11.6 Å². The molecule has 2 aromatic heterocycles. The van der Waals surface area contributed by atoms with Gasteiger partial charge in [0.15, 0.2) is 10.8 Å². The number of carbonyl (C=O) groups excluding carboxylic acids is 1. The number of hydrogen-bond acceptors (Lipinski definition) is 6. The van der Waals surface area contributed by atoms with Crippen LogP contribution in [0.2, 0.25) is 0 Å². The van der Waals surface area contributed by atoms with Crippen LogP contribution in [0.25, 0.3) is 16.9 Å². The predicted octanol–water partition coefficient (Wildman–Crippen LogP) is 5.79. The van der Waals surface area contributed by atoms with Crippen molar-refractivity contribution in [1.82, 2.24) is 14.8 Å². The van der Waals surface area contributed by atoms with Crippen LogP contribution in [0.15, 0.2) is 54.0 Å². The van der Waals surface area contributed by atoms with E-state index < -0.39 is 28.3 Å². The molecular weight excluding hydrogens is 471 g/mol. The Balaban J connectivity index is 1.63. The molecule has 0 aliphatic carbocycles. The Hall–Kier alpha value is -4.06. The van der Waals surface area contributed by atoms with Crippen LogP contribution in [-0.2, 0) is 6.18 Å². The zero-order valence-corrected chi connectivity index (χ0v) is 18.6. The number of nitrogens with one attached hydrogen (secondary N) is 1. The first kappa shape index (κ1) is 23.1.